The van der Waals surface area contributed by atoms with E-state index in [1.807, 2.05) is 36.4 Å². The van der Waals surface area contributed by atoms with Gasteiger partial charge in [0.15, 0.2) is 0 Å². The van der Waals surface area contributed by atoms with Crippen molar-refractivity contribution in [1.29, 1.82) is 0 Å². The van der Waals surface area contributed by atoms with E-state index in [9.17, 15) is 14.7 Å². The van der Waals surface area contributed by atoms with Crippen LogP contribution in [-0.2, 0) is 9.59 Å². The summed E-state index contributed by atoms with van der Waals surface area (Å²) in [5.74, 6) is -0.785. The minimum Gasteiger partial charge on any atom is -0.493 e. The molecule has 1 fully saturated rings. The number of fused-ring (bicyclic) bond motifs is 1. The number of carbonyl (C=O) groups excluding carboxylic acids is 1. The maximum absolute atomic E-state index is 12.8. The number of nitrogens with zero attached hydrogens (tertiary/aromatic N) is 1. The average Bonchev–Trinajstić information content (AvgIpc) is 2.96. The highest BCUT2D eigenvalue weighted by Crippen LogP contribution is 2.37. The van der Waals surface area contributed by atoms with Gasteiger partial charge in [-0.05, 0) is 36.3 Å². The molecule has 1 heterocycles. The molecule has 1 aliphatic rings. The summed E-state index contributed by atoms with van der Waals surface area (Å²) in [4.78, 5) is 25.7. The van der Waals surface area contributed by atoms with Crippen LogP contribution in [0.4, 0.5) is 0 Å². The summed E-state index contributed by atoms with van der Waals surface area (Å²) in [5.41, 5.74) is 0.803. The molecule has 0 bridgehead atoms. The van der Waals surface area contributed by atoms with Gasteiger partial charge in [0.1, 0.15) is 16.1 Å². The molecular weight excluding hydrogens is 394 g/mol. The van der Waals surface area contributed by atoms with Crippen molar-refractivity contribution in [2.45, 2.75) is 32.7 Å². The van der Waals surface area contributed by atoms with Crippen LogP contribution in [0.2, 0.25) is 0 Å². The number of rotatable bonds is 7. The number of hydrogen-bond acceptors (Lipinski definition) is 5. The quantitative estimate of drug-likeness (QED) is 0.402. The Morgan fingerprint density at radius 2 is 2.07 bits per heavy atom. The van der Waals surface area contributed by atoms with Gasteiger partial charge in [0, 0.05) is 5.56 Å². The highest BCUT2D eigenvalue weighted by molar-refractivity contribution is 8.26. The second-order valence-electron chi connectivity index (χ2n) is 6.47. The predicted octanol–water partition coefficient (Wildman–Crippen LogP) is 4.69. The van der Waals surface area contributed by atoms with E-state index in [-0.39, 0.29) is 4.32 Å². The molecule has 1 atom stereocenters. The zero-order valence-electron chi connectivity index (χ0n) is 15.7. The molecule has 146 valence electrons. The van der Waals surface area contributed by atoms with Crippen molar-refractivity contribution in [2.75, 3.05) is 6.61 Å². The average molecular weight is 416 g/mol. The predicted molar refractivity (Wildman–Crippen MR) is 116 cm³/mol. The Kier molecular flexibility index (Phi) is 6.36. The van der Waals surface area contributed by atoms with Crippen LogP contribution < -0.4 is 4.74 Å². The van der Waals surface area contributed by atoms with Gasteiger partial charge in [-0.1, -0.05) is 67.7 Å². The highest BCUT2D eigenvalue weighted by Gasteiger charge is 2.38. The van der Waals surface area contributed by atoms with E-state index >= 15 is 0 Å². The van der Waals surface area contributed by atoms with Gasteiger partial charge in [-0.3, -0.25) is 9.69 Å². The van der Waals surface area contributed by atoms with Crippen LogP contribution in [0.15, 0.2) is 41.3 Å². The van der Waals surface area contributed by atoms with E-state index in [1.165, 1.54) is 6.92 Å². The Labute approximate surface area is 173 Å². The highest BCUT2D eigenvalue weighted by atomic mass is 32.2. The van der Waals surface area contributed by atoms with Crippen LogP contribution in [0.5, 0.6) is 5.75 Å². The number of carbonyl (C=O) groups is 2. The topological polar surface area (TPSA) is 66.8 Å². The van der Waals surface area contributed by atoms with Gasteiger partial charge in [-0.15, -0.1) is 0 Å². The summed E-state index contributed by atoms with van der Waals surface area (Å²) >= 11 is 6.37. The third-order valence-electron chi connectivity index (χ3n) is 4.53. The van der Waals surface area contributed by atoms with Gasteiger partial charge in [-0.25, -0.2) is 4.79 Å². The lowest BCUT2D eigenvalue weighted by Gasteiger charge is -2.18. The number of carboxylic acids is 1. The fourth-order valence-electron chi connectivity index (χ4n) is 2.93. The minimum atomic E-state index is -1.09. The van der Waals surface area contributed by atoms with Gasteiger partial charge in [-0.2, -0.15) is 0 Å². The Hall–Kier alpha value is -2.38. The largest absolute Gasteiger partial charge is 0.493 e. The lowest BCUT2D eigenvalue weighted by molar-refractivity contribution is -0.144. The van der Waals surface area contributed by atoms with Crippen LogP contribution in [-0.4, -0.2) is 38.9 Å². The molecular formula is C21H21NO4S2. The number of unbranched alkanes of at least 4 members (excludes halogenated alkanes) is 1. The standard InChI is InChI=1S/C21H21NO4S2/c1-3-4-11-26-17-10-9-14-7-5-6-8-15(14)16(17)12-18-19(23)22(21(27)28-18)13(2)20(24)25/h5-10,12-13H,3-4,11H2,1-2H3,(H,24,25)/b18-12-/t13-/m0/s1. The van der Waals surface area contributed by atoms with Crippen molar-refractivity contribution in [1.82, 2.24) is 4.90 Å². The molecule has 1 amide bonds. The van der Waals surface area contributed by atoms with Crippen LogP contribution >= 0.6 is 24.0 Å². The molecule has 0 spiro atoms. The molecule has 0 saturated carbocycles. The number of thioether (sulfide) groups is 1. The first-order valence-electron chi connectivity index (χ1n) is 9.08. The van der Waals surface area contributed by atoms with Crippen LogP contribution in [0, 0.1) is 0 Å². The van der Waals surface area contributed by atoms with E-state index < -0.39 is 17.9 Å². The van der Waals surface area contributed by atoms with Gasteiger partial charge in [0.2, 0.25) is 0 Å². The summed E-state index contributed by atoms with van der Waals surface area (Å²) in [6.45, 7) is 4.14. The SMILES string of the molecule is CCCCOc1ccc2ccccc2c1/C=C1\SC(=S)N([C@@H](C)C(=O)O)C1=O. The number of amides is 1. The second-order valence-corrected chi connectivity index (χ2v) is 8.14. The fourth-order valence-corrected chi connectivity index (χ4v) is 4.33. The summed E-state index contributed by atoms with van der Waals surface area (Å²) in [6.07, 6.45) is 3.72. The van der Waals surface area contributed by atoms with Crippen molar-refractivity contribution < 1.29 is 19.4 Å². The minimum absolute atomic E-state index is 0.250. The van der Waals surface area contributed by atoms with Crippen LogP contribution in [0.3, 0.4) is 0 Å². The zero-order chi connectivity index (χ0) is 20.3. The molecule has 7 heteroatoms. The van der Waals surface area contributed by atoms with E-state index in [2.05, 4.69) is 6.92 Å². The molecule has 2 aromatic rings. The van der Waals surface area contributed by atoms with Crippen molar-refractivity contribution >= 4 is 57.0 Å². The van der Waals surface area contributed by atoms with E-state index in [0.717, 1.165) is 45.8 Å². The summed E-state index contributed by atoms with van der Waals surface area (Å²) < 4.78 is 6.21. The first-order valence-corrected chi connectivity index (χ1v) is 10.3. The Morgan fingerprint density at radius 3 is 2.79 bits per heavy atom. The van der Waals surface area contributed by atoms with E-state index in [1.54, 1.807) is 6.08 Å². The number of benzene rings is 2. The molecule has 1 saturated heterocycles. The fraction of sp³-hybridized carbons (Fsp3) is 0.286. The lowest BCUT2D eigenvalue weighted by atomic mass is 10.0. The molecule has 1 N–H and O–H groups in total. The first kappa shape index (κ1) is 20.4. The number of aliphatic carboxylic acids is 1. The smallest absolute Gasteiger partial charge is 0.326 e. The maximum atomic E-state index is 12.8. The molecule has 28 heavy (non-hydrogen) atoms. The third kappa shape index (κ3) is 4.05. The van der Waals surface area contributed by atoms with Gasteiger partial charge in [0.05, 0.1) is 11.5 Å². The molecule has 2 aromatic carbocycles. The third-order valence-corrected chi connectivity index (χ3v) is 5.86. The lowest BCUT2D eigenvalue weighted by Crippen LogP contribution is -2.41. The van der Waals surface area contributed by atoms with Crippen molar-refractivity contribution in [3.8, 4) is 5.75 Å². The van der Waals surface area contributed by atoms with Crippen LogP contribution in [0.1, 0.15) is 32.3 Å². The Morgan fingerprint density at radius 1 is 1.32 bits per heavy atom. The number of thiocarbonyl (C=S) groups is 1. The van der Waals surface area contributed by atoms with Gasteiger partial charge < -0.3 is 9.84 Å². The van der Waals surface area contributed by atoms with Gasteiger partial charge >= 0.3 is 5.97 Å². The van der Waals surface area contributed by atoms with Crippen molar-refractivity contribution in [3.05, 3.63) is 46.9 Å². The number of hydrogen-bond donors (Lipinski definition) is 1. The molecule has 3 rings (SSSR count). The summed E-state index contributed by atoms with van der Waals surface area (Å²) in [7, 11) is 0. The molecule has 5 nitrogen and oxygen atoms in total. The Bertz CT molecular complexity index is 970. The maximum Gasteiger partial charge on any atom is 0.326 e. The van der Waals surface area contributed by atoms with Gasteiger partial charge in [0.25, 0.3) is 5.91 Å². The number of carboxylic acid groups (broad SMARTS) is 1. The van der Waals surface area contributed by atoms with Crippen molar-refractivity contribution in [3.63, 3.8) is 0 Å². The monoisotopic (exact) mass is 415 g/mol. The summed E-state index contributed by atoms with van der Waals surface area (Å²) in [5, 5.41) is 11.3. The van der Waals surface area contributed by atoms with Crippen LogP contribution in [0.25, 0.3) is 16.8 Å². The molecule has 1 aliphatic heterocycles. The zero-order valence-corrected chi connectivity index (χ0v) is 17.3. The van der Waals surface area contributed by atoms with Crippen molar-refractivity contribution in [2.24, 2.45) is 0 Å². The first-order chi connectivity index (χ1) is 13.4. The molecule has 0 radical (unpaired) electrons. The molecule has 0 aromatic heterocycles. The number of ether oxygens (including phenoxy) is 1. The van der Waals surface area contributed by atoms with E-state index in [4.69, 9.17) is 17.0 Å². The normalized spacial score (nSPS) is 16.8. The summed E-state index contributed by atoms with van der Waals surface area (Å²) in [6, 6.07) is 10.8. The Balaban J connectivity index is 2.04. The molecule has 0 aliphatic carbocycles. The molecule has 0 unspecified atom stereocenters. The van der Waals surface area contributed by atoms with E-state index in [0.29, 0.717) is 17.3 Å². The second kappa shape index (κ2) is 8.75.